The highest BCUT2D eigenvalue weighted by molar-refractivity contribution is 5.32. The van der Waals surface area contributed by atoms with Crippen molar-refractivity contribution in [2.75, 3.05) is 13.7 Å². The fourth-order valence-electron chi connectivity index (χ4n) is 2.63. The number of methoxy groups -OCH3 is 1. The lowest BCUT2D eigenvalue weighted by Gasteiger charge is -2.36. The van der Waals surface area contributed by atoms with Gasteiger partial charge in [-0.25, -0.2) is 4.39 Å². The van der Waals surface area contributed by atoms with Gasteiger partial charge in [0.15, 0.2) is 11.6 Å². The van der Waals surface area contributed by atoms with Crippen molar-refractivity contribution in [2.45, 2.75) is 44.3 Å². The van der Waals surface area contributed by atoms with Crippen molar-refractivity contribution in [1.29, 1.82) is 0 Å². The van der Waals surface area contributed by atoms with E-state index in [0.717, 1.165) is 6.42 Å². The first-order valence-corrected chi connectivity index (χ1v) is 6.73. The van der Waals surface area contributed by atoms with Gasteiger partial charge in [0.2, 0.25) is 0 Å². The summed E-state index contributed by atoms with van der Waals surface area (Å²) in [6.45, 7) is 2.56. The lowest BCUT2D eigenvalue weighted by molar-refractivity contribution is -0.103. The zero-order chi connectivity index (χ0) is 13.9. The maximum atomic E-state index is 14.1. The minimum atomic E-state index is -0.883. The van der Waals surface area contributed by atoms with Crippen molar-refractivity contribution in [1.82, 2.24) is 0 Å². The van der Waals surface area contributed by atoms with E-state index in [1.807, 2.05) is 6.92 Å². The van der Waals surface area contributed by atoms with Gasteiger partial charge in [-0.15, -0.1) is 0 Å². The second-order valence-electron chi connectivity index (χ2n) is 5.19. The van der Waals surface area contributed by atoms with Gasteiger partial charge >= 0.3 is 0 Å². The van der Waals surface area contributed by atoms with Gasteiger partial charge in [0, 0.05) is 19.4 Å². The van der Waals surface area contributed by atoms with Gasteiger partial charge in [0.25, 0.3) is 0 Å². The average Bonchev–Trinajstić information content (AvgIpc) is 2.41. The fraction of sp³-hybridized carbons (Fsp3) is 0.600. The Morgan fingerprint density at radius 2 is 2.32 bits per heavy atom. The highest BCUT2D eigenvalue weighted by Crippen LogP contribution is 2.32. The van der Waals surface area contributed by atoms with Crippen LogP contribution in [0.25, 0.3) is 0 Å². The largest absolute Gasteiger partial charge is 0.494 e. The van der Waals surface area contributed by atoms with E-state index >= 15 is 0 Å². The number of halogens is 1. The zero-order valence-electron chi connectivity index (χ0n) is 11.5. The molecule has 1 saturated heterocycles. The fourth-order valence-corrected chi connectivity index (χ4v) is 2.63. The van der Waals surface area contributed by atoms with Gasteiger partial charge in [-0.2, -0.15) is 0 Å². The van der Waals surface area contributed by atoms with E-state index in [4.69, 9.17) is 9.47 Å². The van der Waals surface area contributed by atoms with Gasteiger partial charge in [0.1, 0.15) is 0 Å². The molecule has 2 atom stereocenters. The Morgan fingerprint density at radius 3 is 3.00 bits per heavy atom. The lowest BCUT2D eigenvalue weighted by Crippen LogP contribution is -2.42. The van der Waals surface area contributed by atoms with Crippen LogP contribution in [0.5, 0.6) is 5.75 Å². The Morgan fingerprint density at radius 1 is 1.53 bits per heavy atom. The third-order valence-corrected chi connectivity index (χ3v) is 3.77. The Labute approximate surface area is 113 Å². The first-order chi connectivity index (χ1) is 9.08. The van der Waals surface area contributed by atoms with Crippen molar-refractivity contribution in [2.24, 2.45) is 0 Å². The Balaban J connectivity index is 2.15. The molecule has 0 bridgehead atoms. The van der Waals surface area contributed by atoms with E-state index in [2.05, 4.69) is 0 Å². The van der Waals surface area contributed by atoms with Crippen LogP contribution in [0.2, 0.25) is 0 Å². The van der Waals surface area contributed by atoms with Crippen LogP contribution in [0.1, 0.15) is 31.7 Å². The molecule has 0 radical (unpaired) electrons. The summed E-state index contributed by atoms with van der Waals surface area (Å²) < 4.78 is 24.6. The molecule has 0 amide bonds. The van der Waals surface area contributed by atoms with E-state index in [1.165, 1.54) is 7.11 Å². The summed E-state index contributed by atoms with van der Waals surface area (Å²) in [5.74, 6) is -0.154. The number of hydrogen-bond donors (Lipinski definition) is 1. The van der Waals surface area contributed by atoms with Gasteiger partial charge in [0.05, 0.1) is 18.8 Å². The van der Waals surface area contributed by atoms with Crippen LogP contribution in [0, 0.1) is 5.82 Å². The van der Waals surface area contributed by atoms with Gasteiger partial charge in [-0.3, -0.25) is 0 Å². The van der Waals surface area contributed by atoms with Crippen LogP contribution in [0.4, 0.5) is 4.39 Å². The summed E-state index contributed by atoms with van der Waals surface area (Å²) in [7, 11) is 1.44. The minimum absolute atomic E-state index is 0.0624. The normalized spacial score (nSPS) is 27.3. The minimum Gasteiger partial charge on any atom is -0.494 e. The molecule has 4 heteroatoms. The van der Waals surface area contributed by atoms with Crippen LogP contribution >= 0.6 is 0 Å². The maximum absolute atomic E-state index is 14.1. The summed E-state index contributed by atoms with van der Waals surface area (Å²) in [6.07, 6.45) is 2.33. The maximum Gasteiger partial charge on any atom is 0.168 e. The molecule has 1 aliphatic rings. The SMILES string of the molecule is CCC1CC(O)(Cc2cccc(OC)c2F)CCO1. The molecule has 1 aliphatic heterocycles. The summed E-state index contributed by atoms with van der Waals surface area (Å²) in [4.78, 5) is 0. The predicted molar refractivity (Wildman–Crippen MR) is 70.9 cm³/mol. The summed E-state index contributed by atoms with van der Waals surface area (Å²) >= 11 is 0. The molecule has 1 fully saturated rings. The molecule has 19 heavy (non-hydrogen) atoms. The zero-order valence-corrected chi connectivity index (χ0v) is 11.5. The lowest BCUT2D eigenvalue weighted by atomic mass is 9.84. The van der Waals surface area contributed by atoms with E-state index in [9.17, 15) is 9.50 Å². The highest BCUT2D eigenvalue weighted by atomic mass is 19.1. The number of hydrogen-bond acceptors (Lipinski definition) is 3. The molecule has 106 valence electrons. The third-order valence-electron chi connectivity index (χ3n) is 3.77. The summed E-state index contributed by atoms with van der Waals surface area (Å²) in [6, 6.07) is 5.03. The Bertz CT molecular complexity index is 435. The number of aliphatic hydroxyl groups is 1. The van der Waals surface area contributed by atoms with Gasteiger partial charge in [-0.1, -0.05) is 19.1 Å². The van der Waals surface area contributed by atoms with Crippen LogP contribution < -0.4 is 4.74 Å². The average molecular weight is 268 g/mol. The van der Waals surface area contributed by atoms with Crippen molar-refractivity contribution < 1.29 is 19.0 Å². The van der Waals surface area contributed by atoms with Crippen molar-refractivity contribution in [3.05, 3.63) is 29.6 Å². The molecule has 0 saturated carbocycles. The Kier molecular flexibility index (Phi) is 4.42. The summed E-state index contributed by atoms with van der Waals surface area (Å²) in [5, 5.41) is 10.6. The van der Waals surface area contributed by atoms with Crippen LogP contribution in [-0.2, 0) is 11.2 Å². The van der Waals surface area contributed by atoms with E-state index in [0.29, 0.717) is 31.4 Å². The van der Waals surface area contributed by atoms with Crippen LogP contribution in [0.15, 0.2) is 18.2 Å². The van der Waals surface area contributed by atoms with Crippen LogP contribution in [0.3, 0.4) is 0 Å². The third kappa shape index (κ3) is 3.25. The van der Waals surface area contributed by atoms with E-state index in [1.54, 1.807) is 18.2 Å². The first-order valence-electron chi connectivity index (χ1n) is 6.73. The molecule has 0 aromatic heterocycles. The monoisotopic (exact) mass is 268 g/mol. The Hall–Kier alpha value is -1.13. The number of rotatable bonds is 4. The smallest absolute Gasteiger partial charge is 0.168 e. The van der Waals surface area contributed by atoms with Gasteiger partial charge < -0.3 is 14.6 Å². The topological polar surface area (TPSA) is 38.7 Å². The standard InChI is InChI=1S/C15H21FO3/c1-3-12-10-15(17,7-8-19-12)9-11-5-4-6-13(18-2)14(11)16/h4-6,12,17H,3,7-10H2,1-2H3. The molecule has 2 unspecified atom stereocenters. The van der Waals surface area contributed by atoms with E-state index < -0.39 is 5.60 Å². The molecule has 1 N–H and O–H groups in total. The molecular weight excluding hydrogens is 247 g/mol. The molecular formula is C15H21FO3. The first kappa shape index (κ1) is 14.3. The molecule has 1 aromatic carbocycles. The quantitative estimate of drug-likeness (QED) is 0.912. The van der Waals surface area contributed by atoms with E-state index in [-0.39, 0.29) is 17.7 Å². The second-order valence-corrected chi connectivity index (χ2v) is 5.19. The van der Waals surface area contributed by atoms with Gasteiger partial charge in [-0.05, 0) is 24.5 Å². The van der Waals surface area contributed by atoms with Crippen LogP contribution in [-0.4, -0.2) is 30.5 Å². The molecule has 2 rings (SSSR count). The molecule has 0 spiro atoms. The second kappa shape index (κ2) is 5.88. The van der Waals surface area contributed by atoms with Crippen molar-refractivity contribution in [3.8, 4) is 5.75 Å². The molecule has 1 heterocycles. The number of benzene rings is 1. The molecule has 0 aliphatic carbocycles. The van der Waals surface area contributed by atoms with Crippen molar-refractivity contribution >= 4 is 0 Å². The number of ether oxygens (including phenoxy) is 2. The van der Waals surface area contributed by atoms with Crippen molar-refractivity contribution in [3.63, 3.8) is 0 Å². The molecule has 3 nitrogen and oxygen atoms in total. The summed E-state index contributed by atoms with van der Waals surface area (Å²) in [5.41, 5.74) is -0.384. The molecule has 1 aromatic rings. The highest BCUT2D eigenvalue weighted by Gasteiger charge is 2.35. The predicted octanol–water partition coefficient (Wildman–Crippen LogP) is 2.70.